The molecule has 0 atom stereocenters. The molecule has 0 aromatic heterocycles. The maximum atomic E-state index is 3.78. The van der Waals surface area contributed by atoms with Crippen LogP contribution >= 0.6 is 23.5 Å². The third kappa shape index (κ3) is 5.03. The Morgan fingerprint density at radius 3 is 1.88 bits per heavy atom. The lowest BCUT2D eigenvalue weighted by Gasteiger charge is -2.46. The minimum Gasteiger partial charge on any atom is -0.355 e. The minimum absolute atomic E-state index is 0.494. The van der Waals surface area contributed by atoms with Gasteiger partial charge in [-0.25, -0.2) is 0 Å². The molecule has 0 unspecified atom stereocenters. The molecule has 3 heteroatoms. The normalized spacial score (nSPS) is 14.8. The van der Waals surface area contributed by atoms with Crippen molar-refractivity contribution in [2.45, 2.75) is 37.8 Å². The van der Waals surface area contributed by atoms with E-state index in [-0.39, 0.29) is 0 Å². The van der Waals surface area contributed by atoms with E-state index in [1.807, 2.05) is 23.5 Å². The largest absolute Gasteiger partial charge is 0.355 e. The van der Waals surface area contributed by atoms with Crippen molar-refractivity contribution >= 4 is 40.5 Å². The zero-order valence-electron chi connectivity index (χ0n) is 28.6. The second-order valence-electron chi connectivity index (χ2n) is 13.6. The average molecular weight is 702 g/mol. The van der Waals surface area contributed by atoms with Crippen LogP contribution in [0.1, 0.15) is 40.7 Å². The average Bonchev–Trinajstić information content (AvgIpc) is 3.21. The van der Waals surface area contributed by atoms with Crippen LogP contribution in [0.5, 0.6) is 0 Å². The summed E-state index contributed by atoms with van der Waals surface area (Å²) >= 11 is 3.82. The van der Waals surface area contributed by atoms with Gasteiger partial charge in [0.15, 0.2) is 0 Å². The molecule has 10 rings (SSSR count). The molecule has 1 spiro atoms. The van der Waals surface area contributed by atoms with Crippen LogP contribution in [-0.4, -0.2) is 0 Å². The highest BCUT2D eigenvalue weighted by Gasteiger charge is 2.49. The molecule has 3 aliphatic rings. The summed E-state index contributed by atoms with van der Waals surface area (Å²) in [6.07, 6.45) is 9.21. The second kappa shape index (κ2) is 12.9. The fraction of sp³-hybridized carbons (Fsp3) is 0.0612. The van der Waals surface area contributed by atoms with Crippen LogP contribution in [0, 0.1) is 0 Å². The lowest BCUT2D eigenvalue weighted by Crippen LogP contribution is -2.37. The first kappa shape index (κ1) is 31.3. The summed E-state index contributed by atoms with van der Waals surface area (Å²) in [7, 11) is 0. The first-order valence-corrected chi connectivity index (χ1v) is 19.6. The summed E-state index contributed by atoms with van der Waals surface area (Å²) in [5, 5.41) is 3.78. The van der Waals surface area contributed by atoms with Crippen LogP contribution < -0.4 is 5.32 Å². The lowest BCUT2D eigenvalue weighted by molar-refractivity contribution is 0.667. The summed E-state index contributed by atoms with van der Waals surface area (Å²) in [5.41, 5.74) is 14.5. The molecule has 0 saturated heterocycles. The predicted octanol–water partition coefficient (Wildman–Crippen LogP) is 13.8. The molecule has 1 nitrogen and oxygen atoms in total. The van der Waals surface area contributed by atoms with Gasteiger partial charge in [-0.3, -0.25) is 0 Å². The first-order chi connectivity index (χ1) is 25.8. The lowest BCUT2D eigenvalue weighted by atomic mass is 9.63. The summed E-state index contributed by atoms with van der Waals surface area (Å²) in [4.78, 5) is 5.25. The van der Waals surface area contributed by atoms with E-state index in [4.69, 9.17) is 0 Å². The van der Waals surface area contributed by atoms with Gasteiger partial charge in [0.05, 0.1) is 5.41 Å². The molecule has 248 valence electrons. The fourth-order valence-corrected chi connectivity index (χ4v) is 10.9. The van der Waals surface area contributed by atoms with Gasteiger partial charge in [-0.2, -0.15) is 0 Å². The van der Waals surface area contributed by atoms with Crippen LogP contribution in [0.2, 0.25) is 0 Å². The van der Waals surface area contributed by atoms with Gasteiger partial charge in [-0.1, -0.05) is 163 Å². The smallest absolute Gasteiger partial charge is 0.0745 e. The monoisotopic (exact) mass is 701 g/mol. The van der Waals surface area contributed by atoms with E-state index in [9.17, 15) is 0 Å². The van der Waals surface area contributed by atoms with E-state index < -0.39 is 5.41 Å². The number of allylic oxidation sites excluding steroid dienone is 4. The van der Waals surface area contributed by atoms with E-state index >= 15 is 0 Å². The highest BCUT2D eigenvalue weighted by atomic mass is 32.2. The van der Waals surface area contributed by atoms with Gasteiger partial charge < -0.3 is 5.32 Å². The van der Waals surface area contributed by atoms with E-state index in [2.05, 4.69) is 187 Å². The first-order valence-electron chi connectivity index (χ1n) is 18.0. The topological polar surface area (TPSA) is 12.0 Å². The molecule has 0 bridgehead atoms. The minimum atomic E-state index is -0.494. The summed E-state index contributed by atoms with van der Waals surface area (Å²) in [6.45, 7) is 0. The maximum absolute atomic E-state index is 3.78. The number of hydrogen-bond acceptors (Lipinski definition) is 3. The number of benzene rings is 7. The SMILES string of the molecule is C1=CC(c2ccc3c(c2)C2(c4ccccc4Sc4ccccc42)c2cccc(-c4cccc(Nc5ccccc5)c4-c4ccccc4)c2S3)=CCC1. The number of fused-ring (bicyclic) bond motifs is 8. The van der Waals surface area contributed by atoms with Gasteiger partial charge in [0, 0.05) is 36.5 Å². The molecular weight excluding hydrogens is 667 g/mol. The van der Waals surface area contributed by atoms with Crippen molar-refractivity contribution in [2.24, 2.45) is 0 Å². The Bertz CT molecular complexity index is 2500. The molecule has 2 heterocycles. The zero-order valence-corrected chi connectivity index (χ0v) is 30.2. The van der Waals surface area contributed by atoms with Crippen LogP contribution in [0.3, 0.4) is 0 Å². The van der Waals surface area contributed by atoms with Gasteiger partial charge in [-0.15, -0.1) is 0 Å². The third-order valence-electron chi connectivity index (χ3n) is 10.6. The third-order valence-corrected chi connectivity index (χ3v) is 13.0. The van der Waals surface area contributed by atoms with Crippen molar-refractivity contribution in [1.29, 1.82) is 0 Å². The Labute approximate surface area is 314 Å². The maximum Gasteiger partial charge on any atom is 0.0745 e. The molecular formula is C49H35NS2. The van der Waals surface area contributed by atoms with Gasteiger partial charge in [-0.05, 0) is 105 Å². The van der Waals surface area contributed by atoms with Gasteiger partial charge >= 0.3 is 0 Å². The van der Waals surface area contributed by atoms with Crippen molar-refractivity contribution in [1.82, 2.24) is 0 Å². The zero-order chi connectivity index (χ0) is 34.5. The summed E-state index contributed by atoms with van der Waals surface area (Å²) in [5.74, 6) is 0. The molecule has 7 aromatic rings. The second-order valence-corrected chi connectivity index (χ2v) is 15.7. The number of anilines is 2. The van der Waals surface area contributed by atoms with E-state index in [0.717, 1.165) is 24.2 Å². The fourth-order valence-electron chi connectivity index (χ4n) is 8.38. The Kier molecular flexibility index (Phi) is 7.78. The van der Waals surface area contributed by atoms with Crippen molar-refractivity contribution < 1.29 is 0 Å². The molecule has 7 aromatic carbocycles. The molecule has 2 aliphatic heterocycles. The van der Waals surface area contributed by atoms with E-state index in [0.29, 0.717) is 0 Å². The number of para-hydroxylation sites is 1. The van der Waals surface area contributed by atoms with Crippen LogP contribution in [-0.2, 0) is 5.41 Å². The molecule has 52 heavy (non-hydrogen) atoms. The Morgan fingerprint density at radius 1 is 0.481 bits per heavy atom. The summed E-state index contributed by atoms with van der Waals surface area (Å²) in [6, 6.07) is 60.5. The molecule has 0 fully saturated rings. The molecule has 0 radical (unpaired) electrons. The molecule has 0 amide bonds. The standard InChI is InChI=1S/C49H35NS2/c1-4-16-33(17-5-1)35-30-31-46-42(32-35)49(39-24-10-12-28-44(39)51-45-29-13-11-25-40(45)49)41-26-14-23-38(48(41)52-46)37-22-15-27-43(50-36-20-8-3-9-21-36)47(37)34-18-6-2-7-19-34/h2-4,6-32,50H,1,5H2. The van der Waals surface area contributed by atoms with Gasteiger partial charge in [0.1, 0.15) is 0 Å². The highest BCUT2D eigenvalue weighted by Crippen LogP contribution is 2.63. The Balaban J connectivity index is 1.27. The summed E-state index contributed by atoms with van der Waals surface area (Å²) < 4.78 is 0. The highest BCUT2D eigenvalue weighted by molar-refractivity contribution is 8.00. The molecule has 1 aliphatic carbocycles. The predicted molar refractivity (Wildman–Crippen MR) is 220 cm³/mol. The molecule has 0 saturated carbocycles. The number of rotatable bonds is 5. The number of nitrogens with one attached hydrogen (secondary N) is 1. The van der Waals surface area contributed by atoms with Gasteiger partial charge in [0.25, 0.3) is 0 Å². The van der Waals surface area contributed by atoms with Crippen molar-refractivity contribution in [3.63, 3.8) is 0 Å². The van der Waals surface area contributed by atoms with Crippen molar-refractivity contribution in [2.75, 3.05) is 5.32 Å². The van der Waals surface area contributed by atoms with Crippen molar-refractivity contribution in [3.8, 4) is 22.3 Å². The number of hydrogen-bond donors (Lipinski definition) is 1. The molecule has 1 N–H and O–H groups in total. The van der Waals surface area contributed by atoms with Crippen LogP contribution in [0.25, 0.3) is 27.8 Å². The van der Waals surface area contributed by atoms with Gasteiger partial charge in [0.2, 0.25) is 0 Å². The Morgan fingerprint density at radius 2 is 1.13 bits per heavy atom. The van der Waals surface area contributed by atoms with Crippen molar-refractivity contribution in [3.05, 3.63) is 210 Å². The van der Waals surface area contributed by atoms with E-state index in [1.165, 1.54) is 75.2 Å². The Hall–Kier alpha value is -5.48. The van der Waals surface area contributed by atoms with Crippen LogP contribution in [0.4, 0.5) is 11.4 Å². The quantitative estimate of drug-likeness (QED) is 0.192. The van der Waals surface area contributed by atoms with E-state index in [1.54, 1.807) is 0 Å². The van der Waals surface area contributed by atoms with Crippen LogP contribution in [0.15, 0.2) is 202 Å².